The summed E-state index contributed by atoms with van der Waals surface area (Å²) in [5.41, 5.74) is 9.67. The summed E-state index contributed by atoms with van der Waals surface area (Å²) in [7, 11) is 0. The number of hydrogen-bond donors (Lipinski definition) is 2. The molecule has 0 aliphatic carbocycles. The molecule has 1 rings (SSSR count). The van der Waals surface area contributed by atoms with Gasteiger partial charge in [0.1, 0.15) is 17.4 Å². The zero-order chi connectivity index (χ0) is 12.8. The van der Waals surface area contributed by atoms with Crippen molar-refractivity contribution in [1.29, 1.82) is 0 Å². The van der Waals surface area contributed by atoms with Crippen LogP contribution in [0.3, 0.4) is 0 Å². The fraction of sp³-hybridized carbons (Fsp3) is 0.200. The quantitative estimate of drug-likeness (QED) is 0.468. The Balaban J connectivity index is 3.01. The predicted molar refractivity (Wildman–Crippen MR) is 60.9 cm³/mol. The lowest BCUT2D eigenvalue weighted by Gasteiger charge is -2.05. The second kappa shape index (κ2) is 5.78. The lowest BCUT2D eigenvalue weighted by Crippen LogP contribution is -2.21. The molecule has 0 unspecified atom stereocenters. The van der Waals surface area contributed by atoms with Gasteiger partial charge in [-0.3, -0.25) is 0 Å². The van der Waals surface area contributed by atoms with Gasteiger partial charge in [-0.25, -0.2) is 8.78 Å². The van der Waals surface area contributed by atoms with Gasteiger partial charge < -0.3 is 16.2 Å². The molecular weight excluding hydrogens is 230 g/mol. The van der Waals surface area contributed by atoms with E-state index in [9.17, 15) is 8.78 Å². The zero-order valence-electron chi connectivity index (χ0n) is 9.15. The van der Waals surface area contributed by atoms with E-state index in [1.165, 1.54) is 0 Å². The van der Waals surface area contributed by atoms with Gasteiger partial charge in [0, 0.05) is 12.1 Å². The minimum absolute atomic E-state index is 0.112. The van der Waals surface area contributed by atoms with Crippen molar-refractivity contribution in [3.8, 4) is 5.75 Å². The molecule has 0 spiro atoms. The van der Waals surface area contributed by atoms with Crippen molar-refractivity contribution in [3.05, 3.63) is 29.3 Å². The summed E-state index contributed by atoms with van der Waals surface area (Å²) in [6.45, 7) is 2.03. The van der Waals surface area contributed by atoms with E-state index >= 15 is 0 Å². The summed E-state index contributed by atoms with van der Waals surface area (Å²) in [4.78, 5) is 0. The van der Waals surface area contributed by atoms with Gasteiger partial charge in [0.2, 0.25) is 5.96 Å². The highest BCUT2D eigenvalue weighted by molar-refractivity contribution is 5.82. The average Bonchev–Trinajstić information content (AvgIpc) is 2.22. The Morgan fingerprint density at radius 3 is 2.41 bits per heavy atom. The molecule has 0 fully saturated rings. The van der Waals surface area contributed by atoms with Gasteiger partial charge in [-0.1, -0.05) is 0 Å². The number of hydrogen-bond acceptors (Lipinski definition) is 3. The SMILES string of the molecule is CCOc1cc(F)c(C=NN=C(N)N)c(F)c1. The van der Waals surface area contributed by atoms with E-state index in [1.807, 2.05) is 0 Å². The number of rotatable bonds is 4. The van der Waals surface area contributed by atoms with Crippen molar-refractivity contribution in [3.63, 3.8) is 0 Å². The Morgan fingerprint density at radius 1 is 1.35 bits per heavy atom. The highest BCUT2D eigenvalue weighted by atomic mass is 19.1. The molecule has 0 aliphatic heterocycles. The monoisotopic (exact) mass is 242 g/mol. The third-order valence-electron chi connectivity index (χ3n) is 1.72. The number of nitrogens with two attached hydrogens (primary N) is 2. The highest BCUT2D eigenvalue weighted by Gasteiger charge is 2.09. The molecule has 7 heteroatoms. The van der Waals surface area contributed by atoms with Gasteiger partial charge in [0.15, 0.2) is 0 Å². The lowest BCUT2D eigenvalue weighted by molar-refractivity contribution is 0.336. The molecule has 0 radical (unpaired) electrons. The van der Waals surface area contributed by atoms with Crippen molar-refractivity contribution in [1.82, 2.24) is 0 Å². The Hall–Kier alpha value is -2.18. The first-order chi connectivity index (χ1) is 8.04. The topological polar surface area (TPSA) is 86.0 Å². The first-order valence-electron chi connectivity index (χ1n) is 4.78. The van der Waals surface area contributed by atoms with Gasteiger partial charge in [-0.05, 0) is 6.92 Å². The van der Waals surface area contributed by atoms with Gasteiger partial charge in [-0.2, -0.15) is 5.10 Å². The van der Waals surface area contributed by atoms with Crippen LogP contribution in [0.1, 0.15) is 12.5 Å². The van der Waals surface area contributed by atoms with Crippen LogP contribution in [-0.2, 0) is 0 Å². The molecule has 1 aromatic rings. The largest absolute Gasteiger partial charge is 0.494 e. The maximum atomic E-state index is 13.4. The Labute approximate surface area is 96.8 Å². The van der Waals surface area contributed by atoms with Crippen LogP contribution < -0.4 is 16.2 Å². The van der Waals surface area contributed by atoms with E-state index in [0.717, 1.165) is 18.3 Å². The molecule has 5 nitrogen and oxygen atoms in total. The molecule has 92 valence electrons. The zero-order valence-corrected chi connectivity index (χ0v) is 9.15. The Morgan fingerprint density at radius 2 is 1.94 bits per heavy atom. The molecule has 0 bridgehead atoms. The van der Waals surface area contributed by atoms with E-state index in [2.05, 4.69) is 10.2 Å². The molecule has 17 heavy (non-hydrogen) atoms. The molecule has 0 saturated heterocycles. The molecular formula is C10H12F2N4O. The minimum atomic E-state index is -0.803. The number of guanidine groups is 1. The van der Waals surface area contributed by atoms with Crippen LogP contribution in [0.2, 0.25) is 0 Å². The van der Waals surface area contributed by atoms with Crippen LogP contribution in [0.25, 0.3) is 0 Å². The lowest BCUT2D eigenvalue weighted by atomic mass is 10.2. The van der Waals surface area contributed by atoms with Crippen LogP contribution in [0.15, 0.2) is 22.3 Å². The first-order valence-corrected chi connectivity index (χ1v) is 4.78. The Kier molecular flexibility index (Phi) is 4.38. The van der Waals surface area contributed by atoms with Crippen molar-refractivity contribution in [2.75, 3.05) is 6.61 Å². The molecule has 0 aliphatic rings. The van der Waals surface area contributed by atoms with Crippen LogP contribution in [0, 0.1) is 11.6 Å². The maximum absolute atomic E-state index is 13.4. The first kappa shape index (κ1) is 12.9. The predicted octanol–water partition coefficient (Wildman–Crippen LogP) is 0.971. The molecule has 0 heterocycles. The van der Waals surface area contributed by atoms with Gasteiger partial charge in [0.25, 0.3) is 0 Å². The summed E-state index contributed by atoms with van der Waals surface area (Å²) in [5.74, 6) is -1.79. The third-order valence-corrected chi connectivity index (χ3v) is 1.72. The normalized spacial score (nSPS) is 10.5. The molecule has 0 saturated carbocycles. The highest BCUT2D eigenvalue weighted by Crippen LogP contribution is 2.19. The van der Waals surface area contributed by atoms with Crippen molar-refractivity contribution < 1.29 is 13.5 Å². The summed E-state index contributed by atoms with van der Waals surface area (Å²) in [6, 6.07) is 2.12. The Bertz CT molecular complexity index is 433. The second-order valence-electron chi connectivity index (χ2n) is 3.00. The number of halogens is 2. The molecule has 0 atom stereocenters. The van der Waals surface area contributed by atoms with Crippen molar-refractivity contribution >= 4 is 12.2 Å². The molecule has 4 N–H and O–H groups in total. The van der Waals surface area contributed by atoms with E-state index in [4.69, 9.17) is 16.2 Å². The fourth-order valence-electron chi connectivity index (χ4n) is 1.09. The standard InChI is InChI=1S/C10H12F2N4O/c1-2-17-6-3-8(11)7(9(12)4-6)5-15-16-10(13)14/h3-5H,2H2,1H3,(H4,13,14,16). The van der Waals surface area contributed by atoms with Crippen molar-refractivity contribution in [2.45, 2.75) is 6.92 Å². The number of nitrogens with zero attached hydrogens (tertiary/aromatic N) is 2. The van der Waals surface area contributed by atoms with E-state index in [-0.39, 0.29) is 17.3 Å². The third kappa shape index (κ3) is 3.71. The van der Waals surface area contributed by atoms with Crippen LogP contribution in [0.4, 0.5) is 8.78 Å². The fourth-order valence-corrected chi connectivity index (χ4v) is 1.09. The number of benzene rings is 1. The summed E-state index contributed by atoms with van der Waals surface area (Å²) >= 11 is 0. The molecule has 0 aromatic heterocycles. The minimum Gasteiger partial charge on any atom is -0.494 e. The smallest absolute Gasteiger partial charge is 0.211 e. The second-order valence-corrected chi connectivity index (χ2v) is 3.00. The van der Waals surface area contributed by atoms with E-state index in [0.29, 0.717) is 6.61 Å². The number of ether oxygens (including phenoxy) is 1. The van der Waals surface area contributed by atoms with Gasteiger partial charge in [-0.15, -0.1) is 5.10 Å². The van der Waals surface area contributed by atoms with Gasteiger partial charge >= 0.3 is 0 Å². The van der Waals surface area contributed by atoms with Crippen LogP contribution in [-0.4, -0.2) is 18.8 Å². The van der Waals surface area contributed by atoms with Crippen molar-refractivity contribution in [2.24, 2.45) is 21.7 Å². The van der Waals surface area contributed by atoms with Crippen LogP contribution in [0.5, 0.6) is 5.75 Å². The van der Waals surface area contributed by atoms with E-state index in [1.54, 1.807) is 6.92 Å². The molecule has 1 aromatic carbocycles. The van der Waals surface area contributed by atoms with Crippen LogP contribution >= 0.6 is 0 Å². The summed E-state index contributed by atoms with van der Waals surface area (Å²) < 4.78 is 31.8. The average molecular weight is 242 g/mol. The summed E-state index contributed by atoms with van der Waals surface area (Å²) in [6.07, 6.45) is 0.889. The van der Waals surface area contributed by atoms with Gasteiger partial charge in [0.05, 0.1) is 18.4 Å². The molecule has 0 amide bonds. The van der Waals surface area contributed by atoms with E-state index < -0.39 is 11.6 Å². The summed E-state index contributed by atoms with van der Waals surface area (Å²) in [5, 5.41) is 6.57. The maximum Gasteiger partial charge on any atom is 0.211 e.